The number of quaternary nitrogens is 1. The Morgan fingerprint density at radius 2 is 0.795 bits per heavy atom. The van der Waals surface area contributed by atoms with Crippen molar-refractivity contribution >= 4 is 17.9 Å². The van der Waals surface area contributed by atoms with Crippen LogP contribution in [0.4, 0.5) is 0 Å². The Labute approximate surface area is 238 Å². The first-order valence-electron chi connectivity index (χ1n) is 15.8. The summed E-state index contributed by atoms with van der Waals surface area (Å²) >= 11 is 0. The standard InChI is InChI=1S/C32H59NO6/c1-5-6-7-8-9-10-11-12-13-14-15-16-17-18-19-20-21-22-23-24-25-26-33(27(2)30(34)35,28(3)31(36)37)29(4)32(38)39/h14-15,27-29H,5-13,16-26H2,1-4H3,(H2-,34,35,36,37,38,39)/p+1/b15-14+. The third-order valence-electron chi connectivity index (χ3n) is 8.54. The van der Waals surface area contributed by atoms with E-state index >= 15 is 0 Å². The molecular weight excluding hydrogens is 494 g/mol. The SMILES string of the molecule is CCCCCCCCCC/C=C/CCCCCCCCCCC[N+](C(C)C(=O)O)(C(C)C(=O)O)C(C)C(=O)O. The van der Waals surface area contributed by atoms with E-state index in [2.05, 4.69) is 19.1 Å². The Morgan fingerprint density at radius 1 is 0.513 bits per heavy atom. The molecule has 0 aromatic rings. The van der Waals surface area contributed by atoms with Crippen molar-refractivity contribution in [3.05, 3.63) is 12.2 Å². The van der Waals surface area contributed by atoms with E-state index in [4.69, 9.17) is 0 Å². The third kappa shape index (κ3) is 15.5. The molecule has 0 aromatic carbocycles. The molecule has 7 heteroatoms. The molecule has 0 amide bonds. The maximum Gasteiger partial charge on any atom is 0.362 e. The molecule has 0 spiro atoms. The molecule has 7 nitrogen and oxygen atoms in total. The van der Waals surface area contributed by atoms with Crippen LogP contribution < -0.4 is 0 Å². The van der Waals surface area contributed by atoms with E-state index in [0.717, 1.165) is 25.7 Å². The van der Waals surface area contributed by atoms with Crippen LogP contribution in [-0.4, -0.2) is 62.4 Å². The van der Waals surface area contributed by atoms with Crippen molar-refractivity contribution in [2.75, 3.05) is 6.54 Å². The van der Waals surface area contributed by atoms with Gasteiger partial charge < -0.3 is 15.3 Å². The Bertz CT molecular complexity index is 642. The highest BCUT2D eigenvalue weighted by Gasteiger charge is 2.52. The van der Waals surface area contributed by atoms with Crippen LogP contribution in [0.2, 0.25) is 0 Å². The minimum Gasteiger partial charge on any atom is -0.477 e. The van der Waals surface area contributed by atoms with Gasteiger partial charge in [0.05, 0.1) is 6.54 Å². The van der Waals surface area contributed by atoms with Gasteiger partial charge in [-0.3, -0.25) is 4.48 Å². The molecule has 0 saturated carbocycles. The van der Waals surface area contributed by atoms with E-state index in [-0.39, 0.29) is 6.54 Å². The fourth-order valence-electron chi connectivity index (χ4n) is 5.72. The molecule has 0 rings (SSSR count). The summed E-state index contributed by atoms with van der Waals surface area (Å²) in [6.07, 6.45) is 27.7. The van der Waals surface area contributed by atoms with Crippen LogP contribution in [0, 0.1) is 0 Å². The van der Waals surface area contributed by atoms with Crippen LogP contribution in [0.1, 0.15) is 150 Å². The first-order valence-corrected chi connectivity index (χ1v) is 15.8. The first kappa shape index (κ1) is 37.1. The second-order valence-corrected chi connectivity index (χ2v) is 11.5. The monoisotopic (exact) mass is 554 g/mol. The summed E-state index contributed by atoms with van der Waals surface area (Å²) < 4.78 is -0.479. The third-order valence-corrected chi connectivity index (χ3v) is 8.54. The van der Waals surface area contributed by atoms with Gasteiger partial charge in [-0.2, -0.15) is 0 Å². The molecule has 0 saturated heterocycles. The number of nitrogens with zero attached hydrogens (tertiary/aromatic N) is 1. The van der Waals surface area contributed by atoms with Gasteiger partial charge in [-0.1, -0.05) is 103 Å². The van der Waals surface area contributed by atoms with E-state index in [1.54, 1.807) is 0 Å². The highest BCUT2D eigenvalue weighted by atomic mass is 16.4. The fourth-order valence-corrected chi connectivity index (χ4v) is 5.72. The van der Waals surface area contributed by atoms with Crippen LogP contribution in [0.15, 0.2) is 12.2 Å². The molecule has 0 aliphatic rings. The number of hydrogen-bond donors (Lipinski definition) is 3. The lowest BCUT2D eigenvalue weighted by atomic mass is 10.00. The Kier molecular flexibility index (Phi) is 21.8. The molecule has 0 fully saturated rings. The Balaban J connectivity index is 4.05. The number of rotatable bonds is 27. The zero-order valence-electron chi connectivity index (χ0n) is 25.5. The van der Waals surface area contributed by atoms with Gasteiger partial charge in [-0.15, -0.1) is 0 Å². The molecule has 0 radical (unpaired) electrons. The van der Waals surface area contributed by atoms with E-state index in [0.29, 0.717) is 6.42 Å². The predicted molar refractivity (Wildman–Crippen MR) is 159 cm³/mol. The summed E-state index contributed by atoms with van der Waals surface area (Å²) in [7, 11) is 0. The van der Waals surface area contributed by atoms with Crippen LogP contribution in [-0.2, 0) is 14.4 Å². The molecule has 39 heavy (non-hydrogen) atoms. The van der Waals surface area contributed by atoms with Crippen molar-refractivity contribution in [1.29, 1.82) is 0 Å². The lowest BCUT2D eigenvalue weighted by Crippen LogP contribution is -2.70. The summed E-state index contributed by atoms with van der Waals surface area (Å²) in [6, 6.07) is -3.37. The molecule has 0 aliphatic carbocycles. The normalized spacial score (nSPS) is 15.6. The average Bonchev–Trinajstić information content (AvgIpc) is 2.90. The van der Waals surface area contributed by atoms with Gasteiger partial charge in [0.25, 0.3) is 0 Å². The molecule has 3 atom stereocenters. The minimum absolute atomic E-state index is 0.223. The van der Waals surface area contributed by atoms with Crippen LogP contribution in [0.25, 0.3) is 0 Å². The summed E-state index contributed by atoms with van der Waals surface area (Å²) in [4.78, 5) is 35.4. The number of hydrogen-bond acceptors (Lipinski definition) is 3. The van der Waals surface area contributed by atoms with Crippen molar-refractivity contribution in [3.63, 3.8) is 0 Å². The molecule has 3 unspecified atom stereocenters. The van der Waals surface area contributed by atoms with Crippen molar-refractivity contribution in [1.82, 2.24) is 0 Å². The smallest absolute Gasteiger partial charge is 0.362 e. The van der Waals surface area contributed by atoms with Crippen LogP contribution in [0.5, 0.6) is 0 Å². The van der Waals surface area contributed by atoms with Gasteiger partial charge >= 0.3 is 17.9 Å². The number of carbonyl (C=O) groups is 3. The molecule has 228 valence electrons. The molecule has 0 heterocycles. The van der Waals surface area contributed by atoms with E-state index in [1.165, 1.54) is 111 Å². The summed E-state index contributed by atoms with van der Waals surface area (Å²) in [5.41, 5.74) is 0. The van der Waals surface area contributed by atoms with E-state index < -0.39 is 40.5 Å². The number of carboxylic acid groups (broad SMARTS) is 3. The minimum atomic E-state index is -1.17. The molecule has 3 N–H and O–H groups in total. The number of unbranched alkanes of at least 4 members (excludes halogenated alkanes) is 17. The Hall–Kier alpha value is -1.89. The van der Waals surface area contributed by atoms with Gasteiger partial charge in [-0.05, 0) is 59.3 Å². The molecule has 0 bridgehead atoms. The second kappa shape index (κ2) is 22.9. The Morgan fingerprint density at radius 3 is 1.10 bits per heavy atom. The number of allylic oxidation sites excluding steroid dienone is 2. The van der Waals surface area contributed by atoms with Crippen molar-refractivity contribution in [3.8, 4) is 0 Å². The maximum absolute atomic E-state index is 11.8. The molecular formula is C32H60NO6+. The second-order valence-electron chi connectivity index (χ2n) is 11.5. The predicted octanol–water partition coefficient (Wildman–Crippen LogP) is 8.21. The lowest BCUT2D eigenvalue weighted by molar-refractivity contribution is -0.968. The number of aliphatic carboxylic acids is 3. The highest BCUT2D eigenvalue weighted by Crippen LogP contribution is 2.27. The van der Waals surface area contributed by atoms with Gasteiger partial charge in [0, 0.05) is 0 Å². The lowest BCUT2D eigenvalue weighted by Gasteiger charge is -2.47. The van der Waals surface area contributed by atoms with Gasteiger partial charge in [-0.25, -0.2) is 14.4 Å². The zero-order chi connectivity index (χ0) is 29.5. The van der Waals surface area contributed by atoms with E-state index in [1.807, 2.05) is 0 Å². The molecule has 0 aromatic heterocycles. The van der Waals surface area contributed by atoms with Crippen molar-refractivity contribution < 1.29 is 34.2 Å². The van der Waals surface area contributed by atoms with E-state index in [9.17, 15) is 29.7 Å². The fraction of sp³-hybridized carbons (Fsp3) is 0.844. The number of carboxylic acids is 3. The average molecular weight is 555 g/mol. The van der Waals surface area contributed by atoms with Gasteiger partial charge in [0.1, 0.15) is 0 Å². The van der Waals surface area contributed by atoms with Crippen molar-refractivity contribution in [2.24, 2.45) is 0 Å². The topological polar surface area (TPSA) is 112 Å². The van der Waals surface area contributed by atoms with Crippen LogP contribution in [0.3, 0.4) is 0 Å². The molecule has 0 aliphatic heterocycles. The largest absolute Gasteiger partial charge is 0.477 e. The summed E-state index contributed by atoms with van der Waals surface area (Å²) in [6.45, 7) is 6.76. The van der Waals surface area contributed by atoms with Gasteiger partial charge in [0.15, 0.2) is 18.1 Å². The van der Waals surface area contributed by atoms with Crippen molar-refractivity contribution in [2.45, 2.75) is 168 Å². The summed E-state index contributed by atoms with van der Waals surface area (Å²) in [5, 5.41) is 28.9. The zero-order valence-corrected chi connectivity index (χ0v) is 25.5. The highest BCUT2D eigenvalue weighted by molar-refractivity contribution is 5.77. The van der Waals surface area contributed by atoms with Crippen LogP contribution >= 0.6 is 0 Å². The van der Waals surface area contributed by atoms with Gasteiger partial charge in [0.2, 0.25) is 0 Å². The maximum atomic E-state index is 11.8. The first-order chi connectivity index (χ1) is 18.6. The summed E-state index contributed by atoms with van der Waals surface area (Å²) in [5.74, 6) is -3.51. The quantitative estimate of drug-likeness (QED) is 0.0536.